The second-order valence-corrected chi connectivity index (χ2v) is 8.93. The van der Waals surface area contributed by atoms with E-state index in [-0.39, 0.29) is 34.7 Å². The van der Waals surface area contributed by atoms with Gasteiger partial charge in [-0.15, -0.1) is 0 Å². The molecule has 1 amide bonds. The number of hydrogen-bond acceptors (Lipinski definition) is 5. The Labute approximate surface area is 175 Å². The molecule has 1 N–H and O–H groups in total. The first kappa shape index (κ1) is 22.5. The lowest BCUT2D eigenvalue weighted by Crippen LogP contribution is -2.36. The molecule has 0 aliphatic rings. The fourth-order valence-electron chi connectivity index (χ4n) is 2.56. The fraction of sp³-hybridized carbons (Fsp3) is 0.316. The van der Waals surface area contributed by atoms with Crippen molar-refractivity contribution in [2.45, 2.75) is 11.8 Å². The van der Waals surface area contributed by atoms with Gasteiger partial charge in [0.15, 0.2) is 9.84 Å². The highest BCUT2D eigenvalue weighted by atomic mass is 35.5. The summed E-state index contributed by atoms with van der Waals surface area (Å²) in [5.74, 6) is 0.115. The number of para-hydroxylation sites is 2. The van der Waals surface area contributed by atoms with Crippen molar-refractivity contribution in [3.63, 3.8) is 0 Å². The predicted molar refractivity (Wildman–Crippen MR) is 112 cm³/mol. The van der Waals surface area contributed by atoms with Gasteiger partial charge in [0, 0.05) is 11.6 Å². The average molecular weight is 445 g/mol. The molecule has 0 aromatic heterocycles. The van der Waals surface area contributed by atoms with E-state index in [1.807, 2.05) is 6.92 Å². The van der Waals surface area contributed by atoms with Crippen LogP contribution in [-0.2, 0) is 14.6 Å². The van der Waals surface area contributed by atoms with Crippen LogP contribution in [0.4, 0.5) is 5.69 Å². The standard InChI is InChI=1S/C19H22Cl2N2O4S/c1-3-23(13-19(24)22-16-6-4-5-7-17(16)27-2)10-11-28(25,26)18-12-14(20)8-9-15(18)21/h4-9,12H,3,10-11,13H2,1-2H3,(H,22,24). The number of sulfone groups is 1. The zero-order valence-corrected chi connectivity index (χ0v) is 17.9. The summed E-state index contributed by atoms with van der Waals surface area (Å²) in [6.45, 7) is 2.60. The molecular weight excluding hydrogens is 423 g/mol. The molecule has 9 heteroatoms. The van der Waals surface area contributed by atoms with Gasteiger partial charge in [-0.05, 0) is 36.9 Å². The van der Waals surface area contributed by atoms with Gasteiger partial charge < -0.3 is 10.1 Å². The van der Waals surface area contributed by atoms with Crippen molar-refractivity contribution in [1.82, 2.24) is 4.90 Å². The molecule has 0 bridgehead atoms. The van der Waals surface area contributed by atoms with E-state index < -0.39 is 9.84 Å². The summed E-state index contributed by atoms with van der Waals surface area (Å²) in [5, 5.41) is 3.20. The number of methoxy groups -OCH3 is 1. The molecule has 0 saturated carbocycles. The van der Waals surface area contributed by atoms with Crippen molar-refractivity contribution in [2.24, 2.45) is 0 Å². The lowest BCUT2D eigenvalue weighted by Gasteiger charge is -2.20. The molecule has 0 aliphatic carbocycles. The number of likely N-dealkylation sites (N-methyl/N-ethyl adjacent to an activating group) is 1. The minimum atomic E-state index is -3.63. The Morgan fingerprint density at radius 1 is 1.18 bits per heavy atom. The van der Waals surface area contributed by atoms with Crippen LogP contribution in [0.3, 0.4) is 0 Å². The highest BCUT2D eigenvalue weighted by Crippen LogP contribution is 2.26. The molecule has 0 radical (unpaired) electrons. The van der Waals surface area contributed by atoms with Crippen LogP contribution in [0.15, 0.2) is 47.4 Å². The molecule has 0 atom stereocenters. The minimum Gasteiger partial charge on any atom is -0.495 e. The summed E-state index contributed by atoms with van der Waals surface area (Å²) < 4.78 is 30.4. The van der Waals surface area contributed by atoms with E-state index in [1.165, 1.54) is 25.3 Å². The Morgan fingerprint density at radius 2 is 1.89 bits per heavy atom. The number of amides is 1. The van der Waals surface area contributed by atoms with Gasteiger partial charge in [-0.3, -0.25) is 9.69 Å². The maximum atomic E-state index is 12.6. The number of nitrogens with zero attached hydrogens (tertiary/aromatic N) is 1. The van der Waals surface area contributed by atoms with E-state index in [1.54, 1.807) is 29.2 Å². The van der Waals surface area contributed by atoms with Crippen molar-refractivity contribution >= 4 is 44.6 Å². The van der Waals surface area contributed by atoms with Crippen molar-refractivity contribution in [3.8, 4) is 5.75 Å². The van der Waals surface area contributed by atoms with Crippen LogP contribution in [0.2, 0.25) is 10.0 Å². The van der Waals surface area contributed by atoms with Gasteiger partial charge in [-0.1, -0.05) is 42.3 Å². The summed E-state index contributed by atoms with van der Waals surface area (Å²) in [6.07, 6.45) is 0. The Morgan fingerprint density at radius 3 is 2.57 bits per heavy atom. The monoisotopic (exact) mass is 444 g/mol. The van der Waals surface area contributed by atoms with Gasteiger partial charge in [0.05, 0.1) is 35.0 Å². The summed E-state index contributed by atoms with van der Waals surface area (Å²) in [7, 11) is -2.11. The maximum absolute atomic E-state index is 12.6. The van der Waals surface area contributed by atoms with Crippen molar-refractivity contribution in [1.29, 1.82) is 0 Å². The number of benzene rings is 2. The molecule has 0 aliphatic heterocycles. The van der Waals surface area contributed by atoms with E-state index >= 15 is 0 Å². The number of ether oxygens (including phenoxy) is 1. The smallest absolute Gasteiger partial charge is 0.238 e. The van der Waals surface area contributed by atoms with Gasteiger partial charge in [0.2, 0.25) is 5.91 Å². The van der Waals surface area contributed by atoms with Crippen molar-refractivity contribution in [2.75, 3.05) is 37.8 Å². The molecule has 152 valence electrons. The van der Waals surface area contributed by atoms with Gasteiger partial charge in [0.25, 0.3) is 0 Å². The second kappa shape index (κ2) is 10.1. The quantitative estimate of drug-likeness (QED) is 0.637. The van der Waals surface area contributed by atoms with Gasteiger partial charge >= 0.3 is 0 Å². The number of carbonyl (C=O) groups is 1. The van der Waals surface area contributed by atoms with E-state index in [2.05, 4.69) is 5.32 Å². The van der Waals surface area contributed by atoms with E-state index in [9.17, 15) is 13.2 Å². The van der Waals surface area contributed by atoms with E-state index in [0.29, 0.717) is 23.0 Å². The van der Waals surface area contributed by atoms with Crippen LogP contribution in [0.1, 0.15) is 6.92 Å². The van der Waals surface area contributed by atoms with Gasteiger partial charge in [-0.25, -0.2) is 8.42 Å². The number of hydrogen-bond donors (Lipinski definition) is 1. The Bertz CT molecular complexity index is 935. The predicted octanol–water partition coefficient (Wildman–Crippen LogP) is 3.74. The third-order valence-corrected chi connectivity index (χ3v) is 6.50. The number of anilines is 1. The van der Waals surface area contributed by atoms with Gasteiger partial charge in [-0.2, -0.15) is 0 Å². The van der Waals surface area contributed by atoms with Crippen LogP contribution in [0.25, 0.3) is 0 Å². The summed E-state index contributed by atoms with van der Waals surface area (Å²) in [6, 6.07) is 11.4. The fourth-order valence-corrected chi connectivity index (χ4v) is 4.66. The molecule has 0 saturated heterocycles. The number of carbonyl (C=O) groups excluding carboxylic acids is 1. The summed E-state index contributed by atoms with van der Waals surface area (Å²) >= 11 is 11.9. The summed E-state index contributed by atoms with van der Waals surface area (Å²) in [5.41, 5.74) is 0.560. The molecule has 0 unspecified atom stereocenters. The first-order valence-electron chi connectivity index (χ1n) is 8.60. The third-order valence-electron chi connectivity index (χ3n) is 4.10. The lowest BCUT2D eigenvalue weighted by atomic mass is 10.3. The molecule has 28 heavy (non-hydrogen) atoms. The van der Waals surface area contributed by atoms with Crippen LogP contribution < -0.4 is 10.1 Å². The molecule has 2 aromatic rings. The first-order chi connectivity index (χ1) is 13.3. The molecular formula is C19H22Cl2N2O4S. The number of rotatable bonds is 9. The van der Waals surface area contributed by atoms with Crippen molar-refractivity contribution in [3.05, 3.63) is 52.5 Å². The maximum Gasteiger partial charge on any atom is 0.238 e. The zero-order chi connectivity index (χ0) is 20.7. The normalized spacial score (nSPS) is 11.5. The largest absolute Gasteiger partial charge is 0.495 e. The highest BCUT2D eigenvalue weighted by Gasteiger charge is 2.21. The number of halogens is 2. The Kier molecular flexibility index (Phi) is 8.12. The highest BCUT2D eigenvalue weighted by molar-refractivity contribution is 7.91. The van der Waals surface area contributed by atoms with E-state index in [0.717, 1.165) is 0 Å². The Hall–Kier alpha value is -1.80. The zero-order valence-electron chi connectivity index (χ0n) is 15.6. The van der Waals surface area contributed by atoms with Crippen LogP contribution in [0.5, 0.6) is 5.75 Å². The second-order valence-electron chi connectivity index (χ2n) is 6.01. The van der Waals surface area contributed by atoms with Crippen LogP contribution in [-0.4, -0.2) is 51.7 Å². The van der Waals surface area contributed by atoms with Crippen molar-refractivity contribution < 1.29 is 17.9 Å². The van der Waals surface area contributed by atoms with Gasteiger partial charge in [0.1, 0.15) is 5.75 Å². The average Bonchev–Trinajstić information content (AvgIpc) is 2.67. The SMILES string of the molecule is CCN(CCS(=O)(=O)c1cc(Cl)ccc1Cl)CC(=O)Nc1ccccc1OC. The molecule has 0 heterocycles. The van der Waals surface area contributed by atoms with Crippen LogP contribution in [0, 0.1) is 0 Å². The minimum absolute atomic E-state index is 0.00352. The van der Waals surface area contributed by atoms with Crippen LogP contribution >= 0.6 is 23.2 Å². The topological polar surface area (TPSA) is 75.7 Å². The molecule has 2 rings (SSSR count). The van der Waals surface area contributed by atoms with E-state index in [4.69, 9.17) is 27.9 Å². The molecule has 6 nitrogen and oxygen atoms in total. The first-order valence-corrected chi connectivity index (χ1v) is 11.0. The molecule has 0 fully saturated rings. The summed E-state index contributed by atoms with van der Waals surface area (Å²) in [4.78, 5) is 14.1. The molecule has 2 aromatic carbocycles. The molecule has 0 spiro atoms. The lowest BCUT2D eigenvalue weighted by molar-refractivity contribution is -0.117. The number of nitrogens with one attached hydrogen (secondary N) is 1. The Balaban J connectivity index is 2.00. The third kappa shape index (κ3) is 6.10.